The normalized spacial score (nSPS) is 13.5. The molecular formula is C15H15ClN2O3. The third kappa shape index (κ3) is 2.92. The second-order valence-corrected chi connectivity index (χ2v) is 5.28. The summed E-state index contributed by atoms with van der Waals surface area (Å²) < 4.78 is 5.09. The number of nitrogens with two attached hydrogens (primary N) is 1. The molecule has 2 rings (SSSR count). The molecule has 1 heterocycles. The zero-order valence-electron chi connectivity index (χ0n) is 11.6. The van der Waals surface area contributed by atoms with Crippen LogP contribution in [0.4, 0.5) is 0 Å². The Morgan fingerprint density at radius 1 is 1.33 bits per heavy atom. The van der Waals surface area contributed by atoms with Crippen molar-refractivity contribution in [3.63, 3.8) is 0 Å². The highest BCUT2D eigenvalue weighted by molar-refractivity contribution is 6.30. The Kier molecular flexibility index (Phi) is 4.04. The maximum atomic E-state index is 12.3. The Balaban J connectivity index is 2.38. The third-order valence-electron chi connectivity index (χ3n) is 3.36. The number of benzene rings is 1. The van der Waals surface area contributed by atoms with Crippen molar-refractivity contribution in [2.24, 2.45) is 5.73 Å². The maximum Gasteiger partial charge on any atom is 0.255 e. The largest absolute Gasteiger partial charge is 0.469 e. The van der Waals surface area contributed by atoms with Gasteiger partial charge in [-0.1, -0.05) is 23.7 Å². The summed E-state index contributed by atoms with van der Waals surface area (Å²) in [6.07, 6.45) is 1.41. The summed E-state index contributed by atoms with van der Waals surface area (Å²) in [5.74, 6) is -0.660. The van der Waals surface area contributed by atoms with Crippen molar-refractivity contribution in [1.29, 1.82) is 0 Å². The number of carbonyl (C=O) groups excluding carboxylic acids is 2. The molecule has 0 aliphatic rings. The van der Waals surface area contributed by atoms with Crippen molar-refractivity contribution in [2.75, 3.05) is 0 Å². The van der Waals surface area contributed by atoms with Gasteiger partial charge in [-0.05, 0) is 37.6 Å². The van der Waals surface area contributed by atoms with Gasteiger partial charge in [0.05, 0.1) is 11.8 Å². The lowest BCUT2D eigenvalue weighted by atomic mass is 9.90. The van der Waals surface area contributed by atoms with Gasteiger partial charge in [-0.3, -0.25) is 9.59 Å². The maximum absolute atomic E-state index is 12.3. The molecular weight excluding hydrogens is 292 g/mol. The number of primary amides is 1. The lowest BCUT2D eigenvalue weighted by Crippen LogP contribution is -2.52. The molecule has 0 saturated heterocycles. The van der Waals surface area contributed by atoms with Crippen LogP contribution in [0, 0.1) is 6.92 Å². The van der Waals surface area contributed by atoms with Crippen LogP contribution < -0.4 is 11.1 Å². The minimum absolute atomic E-state index is 0.351. The van der Waals surface area contributed by atoms with E-state index >= 15 is 0 Å². The summed E-state index contributed by atoms with van der Waals surface area (Å²) in [5, 5.41) is 3.10. The van der Waals surface area contributed by atoms with Crippen molar-refractivity contribution in [3.8, 4) is 0 Å². The van der Waals surface area contributed by atoms with E-state index in [1.165, 1.54) is 19.3 Å². The van der Waals surface area contributed by atoms with Crippen LogP contribution in [0.1, 0.15) is 28.6 Å². The van der Waals surface area contributed by atoms with E-state index in [0.717, 1.165) is 0 Å². The highest BCUT2D eigenvalue weighted by Gasteiger charge is 2.36. The van der Waals surface area contributed by atoms with Gasteiger partial charge < -0.3 is 15.5 Å². The Morgan fingerprint density at radius 2 is 2.05 bits per heavy atom. The summed E-state index contributed by atoms with van der Waals surface area (Å²) in [6.45, 7) is 3.20. The Hall–Kier alpha value is -2.27. The molecule has 0 spiro atoms. The molecule has 0 fully saturated rings. The zero-order valence-corrected chi connectivity index (χ0v) is 12.4. The summed E-state index contributed by atoms with van der Waals surface area (Å²) in [5.41, 5.74) is 4.97. The Morgan fingerprint density at radius 3 is 2.57 bits per heavy atom. The van der Waals surface area contributed by atoms with Gasteiger partial charge in [-0.2, -0.15) is 0 Å². The number of hydrogen-bond acceptors (Lipinski definition) is 3. The van der Waals surface area contributed by atoms with E-state index in [9.17, 15) is 9.59 Å². The zero-order chi connectivity index (χ0) is 15.6. The monoisotopic (exact) mass is 306 g/mol. The van der Waals surface area contributed by atoms with E-state index in [0.29, 0.717) is 21.9 Å². The minimum atomic E-state index is -1.37. The van der Waals surface area contributed by atoms with Gasteiger partial charge >= 0.3 is 0 Å². The van der Waals surface area contributed by atoms with Crippen LogP contribution in [-0.4, -0.2) is 11.8 Å². The summed E-state index contributed by atoms with van der Waals surface area (Å²) >= 11 is 5.94. The van der Waals surface area contributed by atoms with Gasteiger partial charge in [0.1, 0.15) is 11.3 Å². The van der Waals surface area contributed by atoms with Crippen LogP contribution in [0.3, 0.4) is 0 Å². The first-order valence-electron chi connectivity index (χ1n) is 6.27. The number of rotatable bonds is 4. The number of hydrogen-bond donors (Lipinski definition) is 2. The molecule has 0 unspecified atom stereocenters. The van der Waals surface area contributed by atoms with E-state index in [1.54, 1.807) is 31.2 Å². The van der Waals surface area contributed by atoms with Crippen molar-refractivity contribution in [3.05, 3.63) is 58.5 Å². The van der Waals surface area contributed by atoms with Gasteiger partial charge in [0, 0.05) is 5.02 Å². The van der Waals surface area contributed by atoms with Crippen molar-refractivity contribution in [2.45, 2.75) is 19.4 Å². The molecule has 1 aromatic carbocycles. The lowest BCUT2D eigenvalue weighted by molar-refractivity contribution is -0.123. The van der Waals surface area contributed by atoms with Crippen LogP contribution in [0.2, 0.25) is 5.02 Å². The summed E-state index contributed by atoms with van der Waals surface area (Å²) in [4.78, 5) is 24.2. The first-order chi connectivity index (χ1) is 9.84. The number of carbonyl (C=O) groups is 2. The predicted molar refractivity (Wildman–Crippen MR) is 78.9 cm³/mol. The first kappa shape index (κ1) is 15.1. The second kappa shape index (κ2) is 5.61. The highest BCUT2D eigenvalue weighted by atomic mass is 35.5. The fraction of sp³-hybridized carbons (Fsp3) is 0.200. The van der Waals surface area contributed by atoms with Gasteiger partial charge in [0.25, 0.3) is 5.91 Å². The van der Waals surface area contributed by atoms with E-state index in [2.05, 4.69) is 5.32 Å². The SMILES string of the molecule is Cc1occc1C(=O)N[C@@](C)(C(N)=O)c1cccc(Cl)c1. The fourth-order valence-corrected chi connectivity index (χ4v) is 2.18. The molecule has 0 saturated carbocycles. The standard InChI is InChI=1S/C15H15ClN2O3/c1-9-12(6-7-21-9)13(19)18-15(2,14(17)20)10-4-3-5-11(16)8-10/h3-8H,1-2H3,(H2,17,20)(H,18,19)/t15-/m1/s1. The van der Waals surface area contributed by atoms with Gasteiger partial charge in [-0.15, -0.1) is 0 Å². The van der Waals surface area contributed by atoms with Crippen LogP contribution in [0.15, 0.2) is 41.0 Å². The molecule has 1 atom stereocenters. The first-order valence-corrected chi connectivity index (χ1v) is 6.65. The van der Waals surface area contributed by atoms with Crippen LogP contribution in [0.25, 0.3) is 0 Å². The molecule has 0 aliphatic heterocycles. The summed E-state index contributed by atoms with van der Waals surface area (Å²) in [7, 11) is 0. The van der Waals surface area contributed by atoms with E-state index in [-0.39, 0.29) is 0 Å². The Labute approximate surface area is 127 Å². The molecule has 6 heteroatoms. The van der Waals surface area contributed by atoms with E-state index < -0.39 is 17.4 Å². The van der Waals surface area contributed by atoms with Crippen molar-refractivity contribution in [1.82, 2.24) is 5.32 Å². The second-order valence-electron chi connectivity index (χ2n) is 4.84. The molecule has 2 aromatic rings. The molecule has 3 N–H and O–H groups in total. The average molecular weight is 307 g/mol. The van der Waals surface area contributed by atoms with Gasteiger partial charge in [0.15, 0.2) is 0 Å². The molecule has 1 aromatic heterocycles. The van der Waals surface area contributed by atoms with Crippen LogP contribution in [0.5, 0.6) is 0 Å². The van der Waals surface area contributed by atoms with Gasteiger partial charge in [-0.25, -0.2) is 0 Å². The third-order valence-corrected chi connectivity index (χ3v) is 3.60. The highest BCUT2D eigenvalue weighted by Crippen LogP contribution is 2.24. The quantitative estimate of drug-likeness (QED) is 0.909. The van der Waals surface area contributed by atoms with Crippen molar-refractivity contribution < 1.29 is 14.0 Å². The molecule has 5 nitrogen and oxygen atoms in total. The molecule has 110 valence electrons. The number of aryl methyl sites for hydroxylation is 1. The number of amides is 2. The molecule has 0 aliphatic carbocycles. The van der Waals surface area contributed by atoms with Crippen molar-refractivity contribution >= 4 is 23.4 Å². The molecule has 21 heavy (non-hydrogen) atoms. The lowest BCUT2D eigenvalue weighted by Gasteiger charge is -2.28. The van der Waals surface area contributed by atoms with E-state index in [4.69, 9.17) is 21.8 Å². The Bertz CT molecular complexity index is 696. The minimum Gasteiger partial charge on any atom is -0.469 e. The van der Waals surface area contributed by atoms with Gasteiger partial charge in [0.2, 0.25) is 5.91 Å². The smallest absolute Gasteiger partial charge is 0.255 e. The van der Waals surface area contributed by atoms with Crippen LogP contribution in [-0.2, 0) is 10.3 Å². The van der Waals surface area contributed by atoms with E-state index in [1.807, 2.05) is 0 Å². The number of halogens is 1. The van der Waals surface area contributed by atoms with Crippen LogP contribution >= 0.6 is 11.6 Å². The number of nitrogens with one attached hydrogen (secondary N) is 1. The molecule has 2 amide bonds. The molecule has 0 radical (unpaired) electrons. The predicted octanol–water partition coefficient (Wildman–Crippen LogP) is 2.37. The average Bonchev–Trinajstić information content (AvgIpc) is 2.84. The molecule has 0 bridgehead atoms. The number of furan rings is 1. The summed E-state index contributed by atoms with van der Waals surface area (Å²) in [6, 6.07) is 8.17. The topological polar surface area (TPSA) is 85.3 Å². The fourth-order valence-electron chi connectivity index (χ4n) is 1.99.